The summed E-state index contributed by atoms with van der Waals surface area (Å²) in [6, 6.07) is 0. The Balaban J connectivity index is 1.90. The van der Waals surface area contributed by atoms with Crippen LogP contribution in [-0.4, -0.2) is 48.2 Å². The van der Waals surface area contributed by atoms with Crippen molar-refractivity contribution in [2.75, 3.05) is 26.2 Å². The zero-order chi connectivity index (χ0) is 11.5. The lowest BCUT2D eigenvalue weighted by Crippen LogP contribution is -2.45. The van der Waals surface area contributed by atoms with E-state index < -0.39 is 0 Å². The summed E-state index contributed by atoms with van der Waals surface area (Å²) >= 11 is 0. The molecule has 1 amide bonds. The van der Waals surface area contributed by atoms with Gasteiger partial charge in [0.2, 0.25) is 5.91 Å². The molecule has 0 spiro atoms. The molecule has 0 aliphatic carbocycles. The van der Waals surface area contributed by atoms with E-state index in [2.05, 4.69) is 5.32 Å². The van der Waals surface area contributed by atoms with Crippen molar-refractivity contribution in [1.29, 1.82) is 0 Å². The van der Waals surface area contributed by atoms with Gasteiger partial charge in [-0.15, -0.1) is 0 Å². The van der Waals surface area contributed by atoms with Crippen LogP contribution in [0.2, 0.25) is 0 Å². The summed E-state index contributed by atoms with van der Waals surface area (Å²) in [6.45, 7) is 5.24. The first-order valence-electron chi connectivity index (χ1n) is 6.36. The van der Waals surface area contributed by atoms with E-state index in [0.717, 1.165) is 45.4 Å². The Labute approximate surface area is 97.0 Å². The van der Waals surface area contributed by atoms with E-state index in [-0.39, 0.29) is 23.8 Å². The van der Waals surface area contributed by atoms with Crippen LogP contribution in [-0.2, 0) is 4.79 Å². The van der Waals surface area contributed by atoms with Gasteiger partial charge in [0.1, 0.15) is 0 Å². The summed E-state index contributed by atoms with van der Waals surface area (Å²) in [5, 5.41) is 12.8. The Bertz CT molecular complexity index is 249. The summed E-state index contributed by atoms with van der Waals surface area (Å²) in [4.78, 5) is 14.1. The van der Waals surface area contributed by atoms with Crippen molar-refractivity contribution < 1.29 is 9.90 Å². The maximum absolute atomic E-state index is 12.2. The van der Waals surface area contributed by atoms with Gasteiger partial charge in [-0.05, 0) is 32.7 Å². The van der Waals surface area contributed by atoms with E-state index in [0.29, 0.717) is 0 Å². The van der Waals surface area contributed by atoms with Gasteiger partial charge >= 0.3 is 0 Å². The highest BCUT2D eigenvalue weighted by molar-refractivity contribution is 5.79. The van der Waals surface area contributed by atoms with Crippen molar-refractivity contribution in [3.63, 3.8) is 0 Å². The van der Waals surface area contributed by atoms with Crippen LogP contribution in [0.25, 0.3) is 0 Å². The summed E-state index contributed by atoms with van der Waals surface area (Å²) in [5.41, 5.74) is 0. The number of amides is 1. The van der Waals surface area contributed by atoms with Gasteiger partial charge in [-0.3, -0.25) is 4.79 Å². The lowest BCUT2D eigenvalue weighted by molar-refractivity contribution is -0.137. The van der Waals surface area contributed by atoms with Crippen molar-refractivity contribution in [3.05, 3.63) is 0 Å². The lowest BCUT2D eigenvalue weighted by Gasteiger charge is -2.35. The van der Waals surface area contributed by atoms with E-state index in [9.17, 15) is 9.90 Å². The van der Waals surface area contributed by atoms with E-state index in [1.807, 2.05) is 11.8 Å². The molecule has 2 aliphatic rings. The third-order valence-corrected chi connectivity index (χ3v) is 3.86. The van der Waals surface area contributed by atoms with Crippen molar-refractivity contribution in [2.45, 2.75) is 32.3 Å². The normalized spacial score (nSPS) is 32.8. The quantitative estimate of drug-likeness (QED) is 0.708. The van der Waals surface area contributed by atoms with Gasteiger partial charge in [0.05, 0.1) is 12.0 Å². The third kappa shape index (κ3) is 2.55. The van der Waals surface area contributed by atoms with Gasteiger partial charge in [0.15, 0.2) is 0 Å². The van der Waals surface area contributed by atoms with Gasteiger partial charge in [-0.2, -0.15) is 0 Å². The minimum absolute atomic E-state index is 0.174. The van der Waals surface area contributed by atoms with Crippen LogP contribution in [0.4, 0.5) is 0 Å². The average molecular weight is 226 g/mol. The van der Waals surface area contributed by atoms with Gasteiger partial charge in [-0.25, -0.2) is 0 Å². The highest BCUT2D eigenvalue weighted by Gasteiger charge is 2.31. The fourth-order valence-electron chi connectivity index (χ4n) is 2.73. The van der Waals surface area contributed by atoms with Crippen LogP contribution in [0.1, 0.15) is 26.2 Å². The molecule has 2 N–H and O–H groups in total. The van der Waals surface area contributed by atoms with Crippen LogP contribution in [0, 0.1) is 11.8 Å². The molecule has 0 aromatic carbocycles. The van der Waals surface area contributed by atoms with Gasteiger partial charge in [0, 0.05) is 25.6 Å². The van der Waals surface area contributed by atoms with Crippen LogP contribution >= 0.6 is 0 Å². The minimum atomic E-state index is -0.294. The molecule has 0 aromatic rings. The highest BCUT2D eigenvalue weighted by atomic mass is 16.3. The van der Waals surface area contributed by atoms with Gasteiger partial charge in [0.25, 0.3) is 0 Å². The first-order valence-corrected chi connectivity index (χ1v) is 6.36. The van der Waals surface area contributed by atoms with Crippen LogP contribution in [0.5, 0.6) is 0 Å². The second kappa shape index (κ2) is 5.15. The Morgan fingerprint density at radius 2 is 2.31 bits per heavy atom. The SMILES string of the molecule is C[C@H](O)[C@H]1CCCN(C(=O)[C@H]2CCNC2)C1. The van der Waals surface area contributed by atoms with Gasteiger partial charge < -0.3 is 15.3 Å². The topological polar surface area (TPSA) is 52.6 Å². The van der Waals surface area contributed by atoms with Crippen LogP contribution in [0.15, 0.2) is 0 Å². The van der Waals surface area contributed by atoms with Crippen molar-refractivity contribution in [1.82, 2.24) is 10.2 Å². The monoisotopic (exact) mass is 226 g/mol. The number of piperidine rings is 1. The number of carbonyl (C=O) groups excluding carboxylic acids is 1. The van der Waals surface area contributed by atoms with Crippen molar-refractivity contribution >= 4 is 5.91 Å². The van der Waals surface area contributed by atoms with Gasteiger partial charge in [-0.1, -0.05) is 0 Å². The Morgan fingerprint density at radius 1 is 1.50 bits per heavy atom. The molecule has 0 saturated carbocycles. The van der Waals surface area contributed by atoms with Crippen molar-refractivity contribution in [2.24, 2.45) is 11.8 Å². The Hall–Kier alpha value is -0.610. The first-order chi connectivity index (χ1) is 7.68. The van der Waals surface area contributed by atoms with Crippen LogP contribution < -0.4 is 5.32 Å². The first kappa shape index (κ1) is 11.9. The number of nitrogens with one attached hydrogen (secondary N) is 1. The smallest absolute Gasteiger partial charge is 0.227 e. The second-order valence-corrected chi connectivity index (χ2v) is 5.12. The largest absolute Gasteiger partial charge is 0.393 e. The molecule has 0 unspecified atom stereocenters. The summed E-state index contributed by atoms with van der Waals surface area (Å²) in [6.07, 6.45) is 2.75. The lowest BCUT2D eigenvalue weighted by atomic mass is 9.92. The molecular formula is C12H22N2O2. The van der Waals surface area contributed by atoms with E-state index in [1.165, 1.54) is 0 Å². The predicted octanol–water partition coefficient (Wildman–Crippen LogP) is 0.215. The standard InChI is InChI=1S/C12H22N2O2/c1-9(15)11-3-2-6-14(8-11)12(16)10-4-5-13-7-10/h9-11,13,15H,2-8H2,1H3/t9-,10-,11-/m0/s1. The molecular weight excluding hydrogens is 204 g/mol. The number of aliphatic hydroxyl groups excluding tert-OH is 1. The molecule has 2 rings (SSSR count). The van der Waals surface area contributed by atoms with Crippen LogP contribution in [0.3, 0.4) is 0 Å². The van der Waals surface area contributed by atoms with E-state index in [4.69, 9.17) is 0 Å². The molecule has 0 radical (unpaired) electrons. The molecule has 4 heteroatoms. The number of carbonyl (C=O) groups is 1. The maximum Gasteiger partial charge on any atom is 0.227 e. The molecule has 4 nitrogen and oxygen atoms in total. The Morgan fingerprint density at radius 3 is 2.94 bits per heavy atom. The molecule has 2 saturated heterocycles. The average Bonchev–Trinajstić information content (AvgIpc) is 2.81. The number of rotatable bonds is 2. The molecule has 16 heavy (non-hydrogen) atoms. The number of likely N-dealkylation sites (tertiary alicyclic amines) is 1. The van der Waals surface area contributed by atoms with E-state index >= 15 is 0 Å². The summed E-state index contributed by atoms with van der Waals surface area (Å²) < 4.78 is 0. The number of aliphatic hydroxyl groups is 1. The minimum Gasteiger partial charge on any atom is -0.393 e. The zero-order valence-corrected chi connectivity index (χ0v) is 9.98. The van der Waals surface area contributed by atoms with E-state index in [1.54, 1.807) is 0 Å². The maximum atomic E-state index is 12.2. The third-order valence-electron chi connectivity index (χ3n) is 3.86. The molecule has 2 aliphatic heterocycles. The Kier molecular flexibility index (Phi) is 3.82. The number of nitrogens with zero attached hydrogens (tertiary/aromatic N) is 1. The predicted molar refractivity (Wildman–Crippen MR) is 62.0 cm³/mol. The molecule has 2 heterocycles. The highest BCUT2D eigenvalue weighted by Crippen LogP contribution is 2.22. The fourth-order valence-corrected chi connectivity index (χ4v) is 2.73. The molecule has 92 valence electrons. The molecule has 3 atom stereocenters. The second-order valence-electron chi connectivity index (χ2n) is 5.12. The molecule has 2 fully saturated rings. The molecule has 0 bridgehead atoms. The summed E-state index contributed by atoms with van der Waals surface area (Å²) in [5.74, 6) is 0.732. The zero-order valence-electron chi connectivity index (χ0n) is 9.98. The van der Waals surface area contributed by atoms with Crippen molar-refractivity contribution in [3.8, 4) is 0 Å². The number of hydrogen-bond donors (Lipinski definition) is 2. The summed E-state index contributed by atoms with van der Waals surface area (Å²) in [7, 11) is 0. The fraction of sp³-hybridized carbons (Fsp3) is 0.917. The number of hydrogen-bond acceptors (Lipinski definition) is 3. The molecule has 0 aromatic heterocycles.